The van der Waals surface area contributed by atoms with E-state index < -0.39 is 0 Å². The Morgan fingerprint density at radius 2 is 2.00 bits per heavy atom. The molecule has 1 fully saturated rings. The van der Waals surface area contributed by atoms with E-state index in [-0.39, 0.29) is 0 Å². The fourth-order valence-electron chi connectivity index (χ4n) is 2.15. The van der Waals surface area contributed by atoms with E-state index in [0.29, 0.717) is 5.78 Å². The highest BCUT2D eigenvalue weighted by molar-refractivity contribution is 5.79. The van der Waals surface area contributed by atoms with Crippen LogP contribution in [0.3, 0.4) is 0 Å². The van der Waals surface area contributed by atoms with Crippen LogP contribution in [0, 0.1) is 11.8 Å². The normalized spacial score (nSPS) is 18.7. The van der Waals surface area contributed by atoms with Crippen LogP contribution in [0.15, 0.2) is 0 Å². The predicted molar refractivity (Wildman–Crippen MR) is 63.9 cm³/mol. The molecule has 1 aliphatic carbocycles. The first-order valence-corrected chi connectivity index (χ1v) is 6.41. The van der Waals surface area contributed by atoms with Crippen LogP contribution in [0.5, 0.6) is 0 Å². The smallest absolute Gasteiger partial charge is 0.132 e. The van der Waals surface area contributed by atoms with Crippen LogP contribution in [-0.2, 0) is 4.79 Å². The Morgan fingerprint density at radius 1 is 1.33 bits per heavy atom. The maximum Gasteiger partial charge on any atom is 0.132 e. The van der Waals surface area contributed by atoms with Crippen molar-refractivity contribution in [2.24, 2.45) is 11.8 Å². The quantitative estimate of drug-likeness (QED) is 0.684. The van der Waals surface area contributed by atoms with E-state index in [9.17, 15) is 4.79 Å². The number of carbonyl (C=O) groups excluding carboxylic acids is 1. The van der Waals surface area contributed by atoms with E-state index in [0.717, 1.165) is 50.6 Å². The average molecular weight is 211 g/mol. The highest BCUT2D eigenvalue weighted by atomic mass is 16.1. The van der Waals surface area contributed by atoms with Gasteiger partial charge in [-0.2, -0.15) is 0 Å². The van der Waals surface area contributed by atoms with Gasteiger partial charge in [0, 0.05) is 12.8 Å². The summed E-state index contributed by atoms with van der Waals surface area (Å²) in [7, 11) is 0. The van der Waals surface area contributed by atoms with Gasteiger partial charge in [-0.15, -0.1) is 0 Å². The maximum absolute atomic E-state index is 11.0. The van der Waals surface area contributed by atoms with Crippen LogP contribution in [-0.4, -0.2) is 18.9 Å². The molecule has 0 atom stereocenters. The van der Waals surface area contributed by atoms with Crippen LogP contribution in [0.2, 0.25) is 0 Å². The van der Waals surface area contributed by atoms with Crippen molar-refractivity contribution in [2.45, 2.75) is 52.4 Å². The largest absolute Gasteiger partial charge is 0.316 e. The summed E-state index contributed by atoms with van der Waals surface area (Å²) in [6.07, 6.45) is 6.45. The van der Waals surface area contributed by atoms with Crippen molar-refractivity contribution in [1.29, 1.82) is 0 Å². The summed E-state index contributed by atoms with van der Waals surface area (Å²) in [5.74, 6) is 2.03. The Morgan fingerprint density at radius 3 is 2.60 bits per heavy atom. The minimum absolute atomic E-state index is 0.464. The third-order valence-electron chi connectivity index (χ3n) is 3.23. The minimum atomic E-state index is 0.464. The fraction of sp³-hybridized carbons (Fsp3) is 0.923. The van der Waals surface area contributed by atoms with E-state index in [4.69, 9.17) is 0 Å². The molecular formula is C13H25NO. The van der Waals surface area contributed by atoms with E-state index in [1.807, 2.05) is 0 Å². The molecule has 0 unspecified atom stereocenters. The van der Waals surface area contributed by atoms with Gasteiger partial charge in [-0.25, -0.2) is 0 Å². The zero-order valence-corrected chi connectivity index (χ0v) is 10.2. The van der Waals surface area contributed by atoms with Gasteiger partial charge in [0.2, 0.25) is 0 Å². The molecule has 0 amide bonds. The third kappa shape index (κ3) is 5.93. The van der Waals surface area contributed by atoms with Crippen LogP contribution in [0.4, 0.5) is 0 Å². The number of ketones is 1. The van der Waals surface area contributed by atoms with Gasteiger partial charge in [0.1, 0.15) is 5.78 Å². The van der Waals surface area contributed by atoms with E-state index in [2.05, 4.69) is 19.2 Å². The summed E-state index contributed by atoms with van der Waals surface area (Å²) in [4.78, 5) is 11.0. The zero-order valence-electron chi connectivity index (χ0n) is 10.2. The summed E-state index contributed by atoms with van der Waals surface area (Å²) in [5.41, 5.74) is 0. The molecule has 1 saturated carbocycles. The molecule has 0 aliphatic heterocycles. The van der Waals surface area contributed by atoms with Gasteiger partial charge < -0.3 is 5.32 Å². The first-order chi connectivity index (χ1) is 7.18. The predicted octanol–water partition coefficient (Wildman–Crippen LogP) is 2.77. The van der Waals surface area contributed by atoms with Crippen molar-refractivity contribution in [3.8, 4) is 0 Å². The molecule has 88 valence electrons. The summed E-state index contributed by atoms with van der Waals surface area (Å²) in [5, 5.41) is 3.51. The van der Waals surface area contributed by atoms with Crippen molar-refractivity contribution in [3.63, 3.8) is 0 Å². The molecular weight excluding hydrogens is 186 g/mol. The molecule has 0 spiro atoms. The topological polar surface area (TPSA) is 29.1 Å². The van der Waals surface area contributed by atoms with Gasteiger partial charge >= 0.3 is 0 Å². The number of rotatable bonds is 6. The average Bonchev–Trinajstić information content (AvgIpc) is 2.20. The number of carbonyl (C=O) groups is 1. The van der Waals surface area contributed by atoms with Gasteiger partial charge in [0.25, 0.3) is 0 Å². The van der Waals surface area contributed by atoms with Crippen LogP contribution in [0.25, 0.3) is 0 Å². The highest BCUT2D eigenvalue weighted by Crippen LogP contribution is 2.20. The standard InChI is InChI=1S/C13H25NO/c1-11(2)4-3-9-14-10-12-5-7-13(15)8-6-12/h11-12,14H,3-10H2,1-2H3. The summed E-state index contributed by atoms with van der Waals surface area (Å²) >= 11 is 0. The minimum Gasteiger partial charge on any atom is -0.316 e. The van der Waals surface area contributed by atoms with Crippen LogP contribution < -0.4 is 5.32 Å². The maximum atomic E-state index is 11.0. The molecule has 0 radical (unpaired) electrons. The first-order valence-electron chi connectivity index (χ1n) is 6.41. The van der Waals surface area contributed by atoms with Gasteiger partial charge in [0.05, 0.1) is 0 Å². The zero-order chi connectivity index (χ0) is 11.1. The summed E-state index contributed by atoms with van der Waals surface area (Å²) in [6.45, 7) is 6.80. The van der Waals surface area contributed by atoms with Gasteiger partial charge in [0.15, 0.2) is 0 Å². The molecule has 0 saturated heterocycles. The number of hydrogen-bond acceptors (Lipinski definition) is 2. The second kappa shape index (κ2) is 7.00. The van der Waals surface area contributed by atoms with Crippen LogP contribution >= 0.6 is 0 Å². The Balaban J connectivity index is 1.94. The number of hydrogen-bond donors (Lipinski definition) is 1. The van der Waals surface area contributed by atoms with Crippen molar-refractivity contribution < 1.29 is 4.79 Å². The van der Waals surface area contributed by atoms with E-state index in [1.54, 1.807) is 0 Å². The molecule has 2 heteroatoms. The molecule has 1 rings (SSSR count). The van der Waals surface area contributed by atoms with Crippen molar-refractivity contribution in [1.82, 2.24) is 5.32 Å². The molecule has 1 aliphatic rings. The molecule has 0 bridgehead atoms. The van der Waals surface area contributed by atoms with Crippen molar-refractivity contribution >= 4 is 5.78 Å². The van der Waals surface area contributed by atoms with E-state index >= 15 is 0 Å². The molecule has 15 heavy (non-hydrogen) atoms. The molecule has 0 aromatic heterocycles. The lowest BCUT2D eigenvalue weighted by atomic mass is 9.88. The fourth-order valence-corrected chi connectivity index (χ4v) is 2.15. The number of Topliss-reactive ketones (excluding diaryl/α,β-unsaturated/α-hetero) is 1. The lowest BCUT2D eigenvalue weighted by molar-refractivity contribution is -0.120. The lowest BCUT2D eigenvalue weighted by Crippen LogP contribution is -2.27. The molecule has 0 aromatic rings. The monoisotopic (exact) mass is 211 g/mol. The third-order valence-corrected chi connectivity index (χ3v) is 3.23. The van der Waals surface area contributed by atoms with Crippen LogP contribution in [0.1, 0.15) is 52.4 Å². The number of nitrogens with one attached hydrogen (secondary N) is 1. The molecule has 2 nitrogen and oxygen atoms in total. The summed E-state index contributed by atoms with van der Waals surface area (Å²) < 4.78 is 0. The second-order valence-electron chi connectivity index (χ2n) is 5.22. The Hall–Kier alpha value is -0.370. The lowest BCUT2D eigenvalue weighted by Gasteiger charge is -2.21. The van der Waals surface area contributed by atoms with Gasteiger partial charge in [-0.3, -0.25) is 4.79 Å². The first kappa shape index (κ1) is 12.7. The summed E-state index contributed by atoms with van der Waals surface area (Å²) in [6, 6.07) is 0. The Labute approximate surface area is 93.8 Å². The SMILES string of the molecule is CC(C)CCCNCC1CCC(=O)CC1. The highest BCUT2D eigenvalue weighted by Gasteiger charge is 2.17. The molecule has 0 heterocycles. The van der Waals surface area contributed by atoms with Crippen molar-refractivity contribution in [2.75, 3.05) is 13.1 Å². The van der Waals surface area contributed by atoms with Crippen molar-refractivity contribution in [3.05, 3.63) is 0 Å². The Kier molecular flexibility index (Phi) is 5.92. The molecule has 0 aromatic carbocycles. The van der Waals surface area contributed by atoms with E-state index in [1.165, 1.54) is 12.8 Å². The second-order valence-corrected chi connectivity index (χ2v) is 5.22. The van der Waals surface area contributed by atoms with Gasteiger partial charge in [-0.05, 0) is 50.6 Å². The Bertz CT molecular complexity index is 179. The molecule has 1 N–H and O–H groups in total. The van der Waals surface area contributed by atoms with Gasteiger partial charge in [-0.1, -0.05) is 13.8 Å².